The van der Waals surface area contributed by atoms with Crippen LogP contribution < -0.4 is 5.73 Å². The van der Waals surface area contributed by atoms with E-state index in [2.05, 4.69) is 21.1 Å². The summed E-state index contributed by atoms with van der Waals surface area (Å²) in [6.45, 7) is 0. The molecule has 2 N–H and O–H groups in total. The fraction of sp³-hybridized carbons (Fsp3) is 0.100. The number of hydrogen-bond donors (Lipinski definition) is 1. The average molecular weight is 303 g/mol. The molecule has 84 valence electrons. The zero-order valence-electron chi connectivity index (χ0n) is 8.33. The summed E-state index contributed by atoms with van der Waals surface area (Å²) in [5.41, 5.74) is 6.04. The van der Waals surface area contributed by atoms with Crippen LogP contribution in [0.2, 0.25) is 0 Å². The number of nitrogens with zero attached hydrogens (tertiary/aromatic N) is 1. The van der Waals surface area contributed by atoms with Gasteiger partial charge in [0.1, 0.15) is 5.82 Å². The zero-order chi connectivity index (χ0) is 11.7. The second-order valence-corrected chi connectivity index (χ2v) is 4.76. The van der Waals surface area contributed by atoms with E-state index in [9.17, 15) is 4.39 Å². The molecule has 2 rings (SSSR count). The predicted octanol–water partition coefficient (Wildman–Crippen LogP) is 3.55. The molecule has 6 heteroatoms. The Hall–Kier alpha value is -1.01. The van der Waals surface area contributed by atoms with Gasteiger partial charge in [-0.15, -0.1) is 11.8 Å². The largest absolute Gasteiger partial charge is 0.381 e. The lowest BCUT2D eigenvalue weighted by Crippen LogP contribution is -1.85. The normalized spacial score (nSPS) is 10.7. The summed E-state index contributed by atoms with van der Waals surface area (Å²) in [7, 11) is 0. The van der Waals surface area contributed by atoms with Gasteiger partial charge in [0.25, 0.3) is 0 Å². The van der Waals surface area contributed by atoms with Gasteiger partial charge in [0.2, 0.25) is 0 Å². The van der Waals surface area contributed by atoms with Crippen LogP contribution in [0.4, 0.5) is 10.2 Å². The number of aromatic nitrogens is 1. The number of benzene rings is 1. The molecule has 0 unspecified atom stereocenters. The highest BCUT2D eigenvalue weighted by molar-refractivity contribution is 9.10. The first-order chi connectivity index (χ1) is 7.61. The maximum Gasteiger partial charge on any atom is 0.169 e. The summed E-state index contributed by atoms with van der Waals surface area (Å²) in [4.78, 5) is 0.566. The van der Waals surface area contributed by atoms with Crippen LogP contribution >= 0.6 is 27.7 Å². The van der Waals surface area contributed by atoms with E-state index in [1.807, 2.05) is 6.26 Å². The number of nitrogens with two attached hydrogens (primary N) is 1. The third kappa shape index (κ3) is 2.08. The highest BCUT2D eigenvalue weighted by Crippen LogP contribution is 2.33. The first-order valence-corrected chi connectivity index (χ1v) is 6.39. The van der Waals surface area contributed by atoms with Crippen molar-refractivity contribution in [3.05, 3.63) is 28.5 Å². The third-order valence-corrected chi connectivity index (χ3v) is 3.73. The van der Waals surface area contributed by atoms with Crippen LogP contribution in [0.1, 0.15) is 0 Å². The first-order valence-electron chi connectivity index (χ1n) is 4.37. The monoisotopic (exact) mass is 302 g/mol. The fourth-order valence-electron chi connectivity index (χ4n) is 1.32. The van der Waals surface area contributed by atoms with Crippen LogP contribution in [0.5, 0.6) is 0 Å². The standard InChI is InChI=1S/C10H8BrFN2OS/c1-16-10-6(11)2-5(3-7(10)12)8-4-9(13)14-15-8/h2-4H,1H3,(H2,13,14). The first kappa shape index (κ1) is 11.5. The Labute approximate surface area is 104 Å². The smallest absolute Gasteiger partial charge is 0.169 e. The number of anilines is 1. The molecule has 0 radical (unpaired) electrons. The number of hydrogen-bond acceptors (Lipinski definition) is 4. The zero-order valence-corrected chi connectivity index (χ0v) is 10.7. The van der Waals surface area contributed by atoms with Gasteiger partial charge in [-0.2, -0.15) is 0 Å². The summed E-state index contributed by atoms with van der Waals surface area (Å²) in [5.74, 6) is 0.428. The summed E-state index contributed by atoms with van der Waals surface area (Å²) in [5, 5.41) is 3.55. The summed E-state index contributed by atoms with van der Waals surface area (Å²) >= 11 is 4.65. The van der Waals surface area contributed by atoms with Crippen molar-refractivity contribution in [1.29, 1.82) is 0 Å². The van der Waals surface area contributed by atoms with Crippen molar-refractivity contribution in [3.63, 3.8) is 0 Å². The topological polar surface area (TPSA) is 52.0 Å². The molecule has 0 aliphatic heterocycles. The van der Waals surface area contributed by atoms with Crippen LogP contribution in [0, 0.1) is 5.82 Å². The lowest BCUT2D eigenvalue weighted by Gasteiger charge is -2.04. The molecule has 16 heavy (non-hydrogen) atoms. The molecule has 0 atom stereocenters. The lowest BCUT2D eigenvalue weighted by molar-refractivity contribution is 0.435. The highest BCUT2D eigenvalue weighted by atomic mass is 79.9. The molecule has 0 aliphatic rings. The van der Waals surface area contributed by atoms with Crippen molar-refractivity contribution >= 4 is 33.5 Å². The average Bonchev–Trinajstić information content (AvgIpc) is 2.64. The van der Waals surface area contributed by atoms with E-state index in [1.54, 1.807) is 12.1 Å². The van der Waals surface area contributed by atoms with Gasteiger partial charge >= 0.3 is 0 Å². The van der Waals surface area contributed by atoms with Crippen LogP contribution in [0.25, 0.3) is 11.3 Å². The van der Waals surface area contributed by atoms with Crippen LogP contribution in [-0.4, -0.2) is 11.4 Å². The maximum absolute atomic E-state index is 13.7. The van der Waals surface area contributed by atoms with Crippen molar-refractivity contribution in [2.45, 2.75) is 4.90 Å². The van der Waals surface area contributed by atoms with Gasteiger partial charge in [-0.25, -0.2) is 4.39 Å². The number of rotatable bonds is 2. The Kier molecular flexibility index (Phi) is 3.20. The second kappa shape index (κ2) is 4.47. The van der Waals surface area contributed by atoms with Crippen molar-refractivity contribution in [3.8, 4) is 11.3 Å². The van der Waals surface area contributed by atoms with E-state index in [1.165, 1.54) is 17.8 Å². The minimum absolute atomic E-state index is 0.278. The van der Waals surface area contributed by atoms with E-state index in [-0.39, 0.29) is 11.6 Å². The van der Waals surface area contributed by atoms with Crippen LogP contribution in [-0.2, 0) is 0 Å². The Morgan fingerprint density at radius 3 is 2.69 bits per heavy atom. The molecular formula is C10H8BrFN2OS. The number of nitrogen functional groups attached to an aromatic ring is 1. The molecule has 0 aliphatic carbocycles. The molecule has 0 saturated heterocycles. The van der Waals surface area contributed by atoms with Crippen molar-refractivity contribution in [2.75, 3.05) is 12.0 Å². The SMILES string of the molecule is CSc1c(F)cc(-c2cc(N)no2)cc1Br. The molecule has 1 aromatic carbocycles. The van der Waals surface area contributed by atoms with Crippen molar-refractivity contribution in [1.82, 2.24) is 5.16 Å². The van der Waals surface area contributed by atoms with Gasteiger partial charge in [0.15, 0.2) is 11.6 Å². The Bertz CT molecular complexity index is 506. The Morgan fingerprint density at radius 1 is 1.44 bits per heavy atom. The second-order valence-electron chi connectivity index (χ2n) is 3.09. The molecular weight excluding hydrogens is 295 g/mol. The Balaban J connectivity index is 2.52. The van der Waals surface area contributed by atoms with E-state index >= 15 is 0 Å². The predicted molar refractivity (Wildman–Crippen MR) is 65.8 cm³/mol. The third-order valence-electron chi connectivity index (χ3n) is 2.02. The minimum Gasteiger partial charge on any atom is -0.381 e. The molecule has 1 heterocycles. The summed E-state index contributed by atoms with van der Waals surface area (Å²) in [6.07, 6.45) is 1.81. The number of thioether (sulfide) groups is 1. The minimum atomic E-state index is -0.299. The molecule has 2 aromatic rings. The van der Waals surface area contributed by atoms with Gasteiger partial charge in [-0.3, -0.25) is 0 Å². The van der Waals surface area contributed by atoms with E-state index < -0.39 is 0 Å². The Morgan fingerprint density at radius 2 is 2.19 bits per heavy atom. The van der Waals surface area contributed by atoms with Gasteiger partial charge in [-0.1, -0.05) is 5.16 Å². The molecule has 0 spiro atoms. The number of halogens is 2. The molecule has 0 amide bonds. The van der Waals surface area contributed by atoms with E-state index in [4.69, 9.17) is 10.3 Å². The van der Waals surface area contributed by atoms with Crippen molar-refractivity contribution < 1.29 is 8.91 Å². The van der Waals surface area contributed by atoms with Crippen molar-refractivity contribution in [2.24, 2.45) is 0 Å². The maximum atomic E-state index is 13.7. The fourth-order valence-corrected chi connectivity index (χ4v) is 2.75. The highest BCUT2D eigenvalue weighted by Gasteiger charge is 2.12. The van der Waals surface area contributed by atoms with Gasteiger partial charge < -0.3 is 10.3 Å². The lowest BCUT2D eigenvalue weighted by atomic mass is 10.2. The molecule has 3 nitrogen and oxygen atoms in total. The molecule has 0 bridgehead atoms. The van der Waals surface area contributed by atoms with E-state index in [0.29, 0.717) is 20.7 Å². The molecule has 1 aromatic heterocycles. The van der Waals surface area contributed by atoms with Gasteiger partial charge in [0.05, 0.1) is 4.90 Å². The summed E-state index contributed by atoms with van der Waals surface area (Å²) < 4.78 is 19.3. The van der Waals surface area contributed by atoms with Gasteiger partial charge in [-0.05, 0) is 34.3 Å². The van der Waals surface area contributed by atoms with E-state index in [0.717, 1.165) is 0 Å². The summed E-state index contributed by atoms with van der Waals surface area (Å²) in [6, 6.07) is 4.73. The van der Waals surface area contributed by atoms with Crippen LogP contribution in [0.3, 0.4) is 0 Å². The molecule has 0 fully saturated rings. The van der Waals surface area contributed by atoms with Gasteiger partial charge in [0, 0.05) is 16.1 Å². The quantitative estimate of drug-likeness (QED) is 0.862. The molecule has 0 saturated carbocycles. The van der Waals surface area contributed by atoms with Crippen LogP contribution in [0.15, 0.2) is 32.1 Å².